The predicted octanol–water partition coefficient (Wildman–Crippen LogP) is 1.94. The molecule has 3 rings (SSSR count). The number of rotatable bonds is 6. The maximum absolute atomic E-state index is 11.9. The van der Waals surface area contributed by atoms with Crippen molar-refractivity contribution in [3.8, 4) is 0 Å². The molecule has 0 unspecified atom stereocenters. The summed E-state index contributed by atoms with van der Waals surface area (Å²) in [7, 11) is 0. The van der Waals surface area contributed by atoms with Crippen LogP contribution in [0.15, 0.2) is 40.0 Å². The predicted molar refractivity (Wildman–Crippen MR) is 89.7 cm³/mol. The molecule has 1 fully saturated rings. The van der Waals surface area contributed by atoms with Gasteiger partial charge in [0.2, 0.25) is 0 Å². The molecule has 1 aliphatic rings. The molecule has 1 saturated heterocycles. The lowest BCUT2D eigenvalue weighted by molar-refractivity contribution is 0.366. The van der Waals surface area contributed by atoms with E-state index in [2.05, 4.69) is 27.1 Å². The highest BCUT2D eigenvalue weighted by Crippen LogP contribution is 2.15. The van der Waals surface area contributed by atoms with Gasteiger partial charge in [-0.05, 0) is 38.3 Å². The third-order valence-electron chi connectivity index (χ3n) is 4.33. The van der Waals surface area contributed by atoms with Crippen molar-refractivity contribution in [3.05, 3.63) is 46.9 Å². The standard InChI is InChI=1S/C17H24N4O2/c1-13(6-7-15-5-3-11-23-15)20-14-4-2-10-21(12-14)16-17(22)19-9-8-18-16/h3,5,8-9,11,13-14,20H,2,4,6-7,10,12H2,1H3,(H,19,22)/t13-,14-/m1/s1. The van der Waals surface area contributed by atoms with Crippen LogP contribution in [0.2, 0.25) is 0 Å². The summed E-state index contributed by atoms with van der Waals surface area (Å²) >= 11 is 0. The average Bonchev–Trinajstić information content (AvgIpc) is 3.07. The summed E-state index contributed by atoms with van der Waals surface area (Å²) in [6.07, 6.45) is 9.11. The van der Waals surface area contributed by atoms with Crippen LogP contribution in [0.3, 0.4) is 0 Å². The summed E-state index contributed by atoms with van der Waals surface area (Å²) in [5, 5.41) is 3.68. The number of piperidine rings is 1. The number of H-pyrrole nitrogens is 1. The van der Waals surface area contributed by atoms with E-state index in [0.29, 0.717) is 17.9 Å². The highest BCUT2D eigenvalue weighted by Gasteiger charge is 2.23. The van der Waals surface area contributed by atoms with Gasteiger partial charge in [0.1, 0.15) is 5.76 Å². The number of hydrogen-bond acceptors (Lipinski definition) is 5. The SMILES string of the molecule is C[C@H](CCc1ccco1)N[C@@H]1CCCN(c2ncc[nH]c2=O)C1. The number of aromatic nitrogens is 2. The van der Waals surface area contributed by atoms with E-state index >= 15 is 0 Å². The molecule has 0 aliphatic carbocycles. The summed E-state index contributed by atoms with van der Waals surface area (Å²) in [5.74, 6) is 1.56. The molecule has 2 atom stereocenters. The molecule has 3 heterocycles. The Balaban J connectivity index is 1.52. The van der Waals surface area contributed by atoms with Crippen LogP contribution in [-0.4, -0.2) is 35.1 Å². The molecule has 0 bridgehead atoms. The van der Waals surface area contributed by atoms with Crippen LogP contribution in [0.4, 0.5) is 5.82 Å². The number of aromatic amines is 1. The molecular formula is C17H24N4O2. The number of hydrogen-bond donors (Lipinski definition) is 2. The Morgan fingerprint density at radius 1 is 1.57 bits per heavy atom. The highest BCUT2D eigenvalue weighted by molar-refractivity contribution is 5.36. The molecule has 1 aliphatic heterocycles. The topological polar surface area (TPSA) is 74.2 Å². The van der Waals surface area contributed by atoms with E-state index in [-0.39, 0.29) is 5.56 Å². The molecule has 124 valence electrons. The van der Waals surface area contributed by atoms with Gasteiger partial charge in [-0.25, -0.2) is 4.98 Å². The van der Waals surface area contributed by atoms with Gasteiger partial charge in [0, 0.05) is 44.0 Å². The van der Waals surface area contributed by atoms with Crippen LogP contribution in [0, 0.1) is 0 Å². The molecule has 0 radical (unpaired) electrons. The zero-order valence-electron chi connectivity index (χ0n) is 13.5. The molecular weight excluding hydrogens is 292 g/mol. The van der Waals surface area contributed by atoms with Crippen molar-refractivity contribution >= 4 is 5.82 Å². The van der Waals surface area contributed by atoms with Crippen molar-refractivity contribution in [2.75, 3.05) is 18.0 Å². The molecule has 2 aromatic heterocycles. The van der Waals surface area contributed by atoms with Crippen LogP contribution in [0.1, 0.15) is 31.9 Å². The normalized spacial score (nSPS) is 19.7. The van der Waals surface area contributed by atoms with Gasteiger partial charge in [0.05, 0.1) is 6.26 Å². The minimum absolute atomic E-state index is 0.112. The first-order valence-electron chi connectivity index (χ1n) is 8.29. The summed E-state index contributed by atoms with van der Waals surface area (Å²) in [6, 6.07) is 4.74. The molecule has 6 heteroatoms. The van der Waals surface area contributed by atoms with Crippen LogP contribution in [-0.2, 0) is 6.42 Å². The maximum Gasteiger partial charge on any atom is 0.290 e. The zero-order valence-corrected chi connectivity index (χ0v) is 13.5. The van der Waals surface area contributed by atoms with Crippen LogP contribution in [0.5, 0.6) is 0 Å². The Labute approximate surface area is 135 Å². The van der Waals surface area contributed by atoms with Crippen molar-refractivity contribution in [2.24, 2.45) is 0 Å². The van der Waals surface area contributed by atoms with Crippen LogP contribution < -0.4 is 15.8 Å². The Hall–Kier alpha value is -2.08. The smallest absolute Gasteiger partial charge is 0.290 e. The first-order chi connectivity index (χ1) is 11.2. The van der Waals surface area contributed by atoms with Crippen molar-refractivity contribution in [1.29, 1.82) is 0 Å². The average molecular weight is 316 g/mol. The van der Waals surface area contributed by atoms with Gasteiger partial charge >= 0.3 is 0 Å². The minimum atomic E-state index is -0.112. The molecule has 0 spiro atoms. The Morgan fingerprint density at radius 3 is 3.26 bits per heavy atom. The van der Waals surface area contributed by atoms with E-state index in [1.807, 2.05) is 12.1 Å². The number of nitrogens with one attached hydrogen (secondary N) is 2. The second-order valence-corrected chi connectivity index (χ2v) is 6.21. The summed E-state index contributed by atoms with van der Waals surface area (Å²) in [6.45, 7) is 3.92. The van der Waals surface area contributed by atoms with Gasteiger partial charge in [-0.1, -0.05) is 0 Å². The maximum atomic E-state index is 11.9. The van der Waals surface area contributed by atoms with Crippen molar-refractivity contribution in [2.45, 2.75) is 44.7 Å². The van der Waals surface area contributed by atoms with Gasteiger partial charge < -0.3 is 19.6 Å². The minimum Gasteiger partial charge on any atom is -0.469 e. The first-order valence-corrected chi connectivity index (χ1v) is 8.29. The zero-order chi connectivity index (χ0) is 16.1. The molecule has 0 aromatic carbocycles. The number of anilines is 1. The van der Waals surface area contributed by atoms with Gasteiger partial charge in [-0.3, -0.25) is 4.79 Å². The van der Waals surface area contributed by atoms with E-state index in [4.69, 9.17) is 4.42 Å². The fourth-order valence-electron chi connectivity index (χ4n) is 3.17. The summed E-state index contributed by atoms with van der Waals surface area (Å²) < 4.78 is 5.38. The molecule has 0 saturated carbocycles. The van der Waals surface area contributed by atoms with Gasteiger partial charge in [-0.15, -0.1) is 0 Å². The molecule has 23 heavy (non-hydrogen) atoms. The lowest BCUT2D eigenvalue weighted by Gasteiger charge is -2.35. The molecule has 6 nitrogen and oxygen atoms in total. The Kier molecular flexibility index (Phi) is 5.12. The quantitative estimate of drug-likeness (QED) is 0.852. The lowest BCUT2D eigenvalue weighted by atomic mass is 10.0. The highest BCUT2D eigenvalue weighted by atomic mass is 16.3. The van der Waals surface area contributed by atoms with E-state index in [9.17, 15) is 4.79 Å². The molecule has 0 amide bonds. The van der Waals surface area contributed by atoms with Crippen LogP contribution in [0.25, 0.3) is 0 Å². The fraction of sp³-hybridized carbons (Fsp3) is 0.529. The van der Waals surface area contributed by atoms with Gasteiger partial charge in [-0.2, -0.15) is 0 Å². The summed E-state index contributed by atoms with van der Waals surface area (Å²) in [4.78, 5) is 20.9. The Morgan fingerprint density at radius 2 is 2.48 bits per heavy atom. The second kappa shape index (κ2) is 7.46. The van der Waals surface area contributed by atoms with Crippen LogP contribution >= 0.6 is 0 Å². The fourth-order valence-corrected chi connectivity index (χ4v) is 3.17. The third kappa shape index (κ3) is 4.22. The van der Waals surface area contributed by atoms with E-state index in [1.54, 1.807) is 18.7 Å². The van der Waals surface area contributed by atoms with E-state index in [0.717, 1.165) is 44.5 Å². The number of furan rings is 1. The monoisotopic (exact) mass is 316 g/mol. The van der Waals surface area contributed by atoms with E-state index in [1.165, 1.54) is 0 Å². The third-order valence-corrected chi connectivity index (χ3v) is 4.33. The van der Waals surface area contributed by atoms with Crippen molar-refractivity contribution < 1.29 is 4.42 Å². The van der Waals surface area contributed by atoms with Gasteiger partial charge in [0.15, 0.2) is 5.82 Å². The number of nitrogens with zero attached hydrogens (tertiary/aromatic N) is 2. The van der Waals surface area contributed by atoms with Crippen molar-refractivity contribution in [3.63, 3.8) is 0 Å². The second-order valence-electron chi connectivity index (χ2n) is 6.21. The lowest BCUT2D eigenvalue weighted by Crippen LogP contribution is -2.50. The Bertz CT molecular complexity index is 653. The van der Waals surface area contributed by atoms with Gasteiger partial charge in [0.25, 0.3) is 5.56 Å². The largest absolute Gasteiger partial charge is 0.469 e. The molecule has 2 N–H and O–H groups in total. The van der Waals surface area contributed by atoms with Crippen molar-refractivity contribution in [1.82, 2.24) is 15.3 Å². The summed E-state index contributed by atoms with van der Waals surface area (Å²) in [5.41, 5.74) is -0.112. The first kappa shape index (κ1) is 15.8. The molecule has 2 aromatic rings. The number of aryl methyl sites for hydroxylation is 1. The van der Waals surface area contributed by atoms with E-state index < -0.39 is 0 Å².